The highest BCUT2D eigenvalue weighted by Crippen LogP contribution is 2.25. The number of nitrogens with zero attached hydrogens (tertiary/aromatic N) is 2. The number of rotatable bonds is 3. The normalized spacial score (nSPS) is 10.9. The number of carbonyl (C=O) groups is 1. The lowest BCUT2D eigenvalue weighted by molar-refractivity contribution is 0.0697. The van der Waals surface area contributed by atoms with Crippen molar-refractivity contribution >= 4 is 28.9 Å². The van der Waals surface area contributed by atoms with Gasteiger partial charge < -0.3 is 10.2 Å². The van der Waals surface area contributed by atoms with Crippen molar-refractivity contribution in [3.05, 3.63) is 49.6 Å². The summed E-state index contributed by atoms with van der Waals surface area (Å²) in [5, 5.41) is 25.3. The molecule has 1 aromatic heterocycles. The Hall–Kier alpha value is -2.94. The van der Waals surface area contributed by atoms with Crippen LogP contribution in [0.5, 0.6) is 5.88 Å². The molecular weight excluding hydrogens is 304 g/mol. The molecule has 9 nitrogen and oxygen atoms in total. The van der Waals surface area contributed by atoms with E-state index in [-0.39, 0.29) is 16.3 Å². The van der Waals surface area contributed by atoms with Gasteiger partial charge in [0.2, 0.25) is 11.6 Å². The zero-order valence-electron chi connectivity index (χ0n) is 10.1. The smallest absolute Gasteiger partial charge is 0.337 e. The molecule has 2 rings (SSSR count). The summed E-state index contributed by atoms with van der Waals surface area (Å²) in [6.45, 7) is 0. The van der Waals surface area contributed by atoms with Crippen molar-refractivity contribution in [2.45, 2.75) is 0 Å². The first-order chi connectivity index (χ1) is 9.88. The minimum atomic E-state index is -1.20. The molecule has 0 saturated heterocycles. The summed E-state index contributed by atoms with van der Waals surface area (Å²) in [5.74, 6) is -1.93. The highest BCUT2D eigenvalue weighted by molar-refractivity contribution is 6.33. The lowest BCUT2D eigenvalue weighted by Crippen LogP contribution is -2.20. The van der Waals surface area contributed by atoms with Crippen LogP contribution in [0.25, 0.3) is 0 Å². The zero-order chi connectivity index (χ0) is 15.6. The number of carboxylic acids is 1. The van der Waals surface area contributed by atoms with Crippen molar-refractivity contribution in [2.75, 3.05) is 0 Å². The third kappa shape index (κ3) is 3.15. The molecule has 0 amide bonds. The van der Waals surface area contributed by atoms with E-state index in [2.05, 4.69) is 10.2 Å². The number of aromatic carboxylic acids is 1. The van der Waals surface area contributed by atoms with Gasteiger partial charge in [-0.25, -0.2) is 9.59 Å². The van der Waals surface area contributed by atoms with Crippen molar-refractivity contribution < 1.29 is 15.0 Å². The van der Waals surface area contributed by atoms with Crippen LogP contribution in [-0.2, 0) is 0 Å². The first kappa shape index (κ1) is 14.5. The highest BCUT2D eigenvalue weighted by Gasteiger charge is 2.10. The van der Waals surface area contributed by atoms with Gasteiger partial charge in [-0.3, -0.25) is 14.8 Å². The van der Waals surface area contributed by atoms with E-state index in [0.717, 1.165) is 0 Å². The highest BCUT2D eigenvalue weighted by atomic mass is 35.5. The Balaban J connectivity index is 2.39. The van der Waals surface area contributed by atoms with Gasteiger partial charge in [-0.15, -0.1) is 5.11 Å². The summed E-state index contributed by atoms with van der Waals surface area (Å²) in [4.78, 5) is 36.9. The summed E-state index contributed by atoms with van der Waals surface area (Å²) in [7, 11) is 0. The molecule has 108 valence electrons. The van der Waals surface area contributed by atoms with Crippen LogP contribution in [0, 0.1) is 0 Å². The van der Waals surface area contributed by atoms with E-state index in [1.165, 1.54) is 18.2 Å². The zero-order valence-corrected chi connectivity index (χ0v) is 10.9. The maximum atomic E-state index is 11.4. The molecule has 0 saturated carbocycles. The first-order valence-corrected chi connectivity index (χ1v) is 5.76. The number of hydrogen-bond donors (Lipinski definition) is 4. The van der Waals surface area contributed by atoms with E-state index >= 15 is 0 Å². The summed E-state index contributed by atoms with van der Waals surface area (Å²) in [6.07, 6.45) is 0. The van der Waals surface area contributed by atoms with Gasteiger partial charge in [-0.2, -0.15) is 5.11 Å². The lowest BCUT2D eigenvalue weighted by Gasteiger charge is -1.99. The van der Waals surface area contributed by atoms with Crippen LogP contribution in [0.4, 0.5) is 11.4 Å². The average molecular weight is 311 g/mol. The molecule has 0 atom stereocenters. The molecule has 0 bridgehead atoms. The molecule has 1 aromatic carbocycles. The van der Waals surface area contributed by atoms with Gasteiger partial charge in [0, 0.05) is 0 Å². The summed E-state index contributed by atoms with van der Waals surface area (Å²) in [6, 6.07) is 3.76. The van der Waals surface area contributed by atoms with Gasteiger partial charge >= 0.3 is 11.7 Å². The number of carboxylic acid groups (broad SMARTS) is 1. The molecule has 0 fully saturated rings. The van der Waals surface area contributed by atoms with Gasteiger partial charge in [-0.1, -0.05) is 11.6 Å². The number of hydrogen-bond acceptors (Lipinski definition) is 6. The number of aromatic amines is 2. The third-order valence-corrected chi connectivity index (χ3v) is 2.66. The molecule has 10 heteroatoms. The first-order valence-electron chi connectivity index (χ1n) is 5.38. The minimum absolute atomic E-state index is 0.0569. The molecule has 2 aromatic rings. The van der Waals surface area contributed by atoms with Crippen molar-refractivity contribution in [1.29, 1.82) is 0 Å². The number of nitrogens with one attached hydrogen (secondary N) is 2. The SMILES string of the molecule is O=C(O)c1ccc(N=Nc2c(O)[nH]c(=O)[nH]c2=O)cc1Cl. The maximum Gasteiger partial charge on any atom is 0.337 e. The monoisotopic (exact) mass is 310 g/mol. The van der Waals surface area contributed by atoms with Crippen molar-refractivity contribution in [1.82, 2.24) is 9.97 Å². The van der Waals surface area contributed by atoms with Crippen molar-refractivity contribution in [3.8, 4) is 5.88 Å². The molecular formula is C11H7ClN4O5. The van der Waals surface area contributed by atoms with Crippen LogP contribution in [0.2, 0.25) is 5.02 Å². The molecule has 0 aliphatic rings. The minimum Gasteiger partial charge on any atom is -0.493 e. The number of benzene rings is 1. The molecule has 0 spiro atoms. The number of azo groups is 1. The van der Waals surface area contributed by atoms with Gasteiger partial charge in [0.1, 0.15) is 0 Å². The van der Waals surface area contributed by atoms with E-state index in [1.54, 1.807) is 0 Å². The van der Waals surface area contributed by atoms with E-state index < -0.39 is 28.8 Å². The largest absolute Gasteiger partial charge is 0.493 e. The summed E-state index contributed by atoms with van der Waals surface area (Å²) in [5.41, 5.74) is -2.25. The Bertz CT molecular complexity index is 854. The topological polar surface area (TPSA) is 148 Å². The lowest BCUT2D eigenvalue weighted by atomic mass is 10.2. The molecule has 0 aliphatic heterocycles. The average Bonchev–Trinajstić information content (AvgIpc) is 2.36. The predicted molar refractivity (Wildman–Crippen MR) is 71.9 cm³/mol. The fourth-order valence-corrected chi connectivity index (χ4v) is 1.66. The fraction of sp³-hybridized carbons (Fsp3) is 0. The molecule has 0 unspecified atom stereocenters. The summed E-state index contributed by atoms with van der Waals surface area (Å²) < 4.78 is 0. The van der Waals surface area contributed by atoms with E-state index in [1.807, 2.05) is 9.97 Å². The Morgan fingerprint density at radius 1 is 1.19 bits per heavy atom. The maximum absolute atomic E-state index is 11.4. The van der Waals surface area contributed by atoms with Crippen LogP contribution >= 0.6 is 11.6 Å². The Kier molecular flexibility index (Phi) is 3.85. The van der Waals surface area contributed by atoms with Gasteiger partial charge in [0.15, 0.2) is 0 Å². The molecule has 0 radical (unpaired) electrons. The van der Waals surface area contributed by atoms with E-state index in [4.69, 9.17) is 16.7 Å². The fourth-order valence-electron chi connectivity index (χ4n) is 1.41. The third-order valence-electron chi connectivity index (χ3n) is 2.35. The van der Waals surface area contributed by atoms with Crippen LogP contribution in [0.3, 0.4) is 0 Å². The van der Waals surface area contributed by atoms with Crippen molar-refractivity contribution in [2.24, 2.45) is 10.2 Å². The van der Waals surface area contributed by atoms with Crippen LogP contribution in [0.1, 0.15) is 10.4 Å². The molecule has 0 aliphatic carbocycles. The molecule has 1 heterocycles. The number of halogens is 1. The van der Waals surface area contributed by atoms with Crippen molar-refractivity contribution in [3.63, 3.8) is 0 Å². The van der Waals surface area contributed by atoms with Crippen LogP contribution < -0.4 is 11.2 Å². The van der Waals surface area contributed by atoms with Gasteiger partial charge in [0.25, 0.3) is 5.56 Å². The number of aromatic hydroxyl groups is 1. The number of H-pyrrole nitrogens is 2. The van der Waals surface area contributed by atoms with E-state index in [9.17, 15) is 19.5 Å². The predicted octanol–water partition coefficient (Wildman–Crippen LogP) is 1.54. The Labute approximate surface area is 120 Å². The quantitative estimate of drug-likeness (QED) is 0.634. The van der Waals surface area contributed by atoms with Crippen LogP contribution in [0.15, 0.2) is 38.0 Å². The summed E-state index contributed by atoms with van der Waals surface area (Å²) >= 11 is 5.74. The second-order valence-electron chi connectivity index (χ2n) is 3.77. The van der Waals surface area contributed by atoms with E-state index in [0.29, 0.717) is 0 Å². The Morgan fingerprint density at radius 3 is 2.48 bits per heavy atom. The number of aromatic nitrogens is 2. The van der Waals surface area contributed by atoms with Gasteiger partial charge in [0.05, 0.1) is 16.3 Å². The second-order valence-corrected chi connectivity index (χ2v) is 4.18. The molecule has 4 N–H and O–H groups in total. The van der Waals surface area contributed by atoms with Gasteiger partial charge in [-0.05, 0) is 18.2 Å². The Morgan fingerprint density at radius 2 is 1.90 bits per heavy atom. The second kappa shape index (κ2) is 5.59. The molecule has 21 heavy (non-hydrogen) atoms. The standard InChI is InChI=1S/C11H7ClN4O5/c12-6-3-4(1-2-5(6)10(19)20)15-16-7-8(17)13-11(21)14-9(7)18/h1-3H,(H,19,20)(H3,13,14,17,18,21). The van der Waals surface area contributed by atoms with Crippen LogP contribution in [-0.4, -0.2) is 26.2 Å².